The fourth-order valence-corrected chi connectivity index (χ4v) is 1.61. The lowest BCUT2D eigenvalue weighted by Crippen LogP contribution is -2.40. The number of carbonyl (C=O) groups excluding carboxylic acids is 1. The molecule has 1 amide bonds. The molecule has 1 aromatic rings. The van der Waals surface area contributed by atoms with E-state index in [-0.39, 0.29) is 11.8 Å². The van der Waals surface area contributed by atoms with Gasteiger partial charge in [0.05, 0.1) is 6.04 Å². The second-order valence-corrected chi connectivity index (χ2v) is 4.45. The van der Waals surface area contributed by atoms with E-state index < -0.39 is 6.04 Å². The van der Waals surface area contributed by atoms with Crippen LogP contribution in [0.3, 0.4) is 0 Å². The zero-order valence-electron chi connectivity index (χ0n) is 10.9. The second kappa shape index (κ2) is 6.40. The van der Waals surface area contributed by atoms with Crippen molar-refractivity contribution in [3.8, 4) is 0 Å². The van der Waals surface area contributed by atoms with E-state index in [1.165, 1.54) is 5.56 Å². The Labute approximate surface area is 103 Å². The van der Waals surface area contributed by atoms with Gasteiger partial charge in [0.2, 0.25) is 5.91 Å². The molecule has 0 radical (unpaired) electrons. The van der Waals surface area contributed by atoms with Crippen molar-refractivity contribution >= 4 is 11.6 Å². The number of aryl methyl sites for hydroxylation is 1. The first-order valence-electron chi connectivity index (χ1n) is 6.23. The number of hydrogen-bond donors (Lipinski definition) is 2. The Bertz CT molecular complexity index is 376. The van der Waals surface area contributed by atoms with Crippen molar-refractivity contribution in [2.45, 2.75) is 39.7 Å². The van der Waals surface area contributed by atoms with Crippen LogP contribution in [-0.4, -0.2) is 11.9 Å². The predicted octanol–water partition coefficient (Wildman–Crippen LogP) is 2.56. The summed E-state index contributed by atoms with van der Waals surface area (Å²) in [6.07, 6.45) is 1.87. The number of anilines is 1. The molecule has 0 saturated carbocycles. The molecule has 1 aromatic carbocycles. The van der Waals surface area contributed by atoms with Crippen molar-refractivity contribution in [1.29, 1.82) is 0 Å². The molecular weight excluding hydrogens is 212 g/mol. The minimum atomic E-state index is -0.440. The molecule has 1 rings (SSSR count). The molecule has 0 bridgehead atoms. The normalized spacial score (nSPS) is 14.1. The Balaban J connectivity index is 2.67. The molecule has 0 aliphatic heterocycles. The van der Waals surface area contributed by atoms with E-state index in [9.17, 15) is 4.79 Å². The predicted molar refractivity (Wildman–Crippen MR) is 71.9 cm³/mol. The molecule has 0 aromatic heterocycles. The van der Waals surface area contributed by atoms with E-state index in [1.807, 2.05) is 38.1 Å². The molecule has 0 spiro atoms. The molecule has 0 aliphatic carbocycles. The number of benzene rings is 1. The molecule has 94 valence electrons. The number of hydrogen-bond acceptors (Lipinski definition) is 2. The van der Waals surface area contributed by atoms with E-state index in [0.29, 0.717) is 0 Å². The second-order valence-electron chi connectivity index (χ2n) is 4.45. The molecule has 3 heteroatoms. The molecule has 0 heterocycles. The third-order valence-corrected chi connectivity index (χ3v) is 3.16. The molecule has 0 fully saturated rings. The van der Waals surface area contributed by atoms with E-state index in [4.69, 9.17) is 5.73 Å². The Hall–Kier alpha value is -1.35. The number of nitrogens with two attached hydrogens (primary N) is 1. The Kier molecular flexibility index (Phi) is 5.16. The molecule has 3 nitrogen and oxygen atoms in total. The molecule has 3 N–H and O–H groups in total. The number of carbonyl (C=O) groups is 1. The van der Waals surface area contributed by atoms with Crippen molar-refractivity contribution in [3.63, 3.8) is 0 Å². The van der Waals surface area contributed by atoms with Crippen molar-refractivity contribution < 1.29 is 4.79 Å². The summed E-state index contributed by atoms with van der Waals surface area (Å²) in [6.45, 7) is 6.12. The summed E-state index contributed by atoms with van der Waals surface area (Å²) >= 11 is 0. The van der Waals surface area contributed by atoms with Crippen molar-refractivity contribution in [1.82, 2.24) is 0 Å². The first kappa shape index (κ1) is 13.7. The molecule has 2 unspecified atom stereocenters. The third-order valence-electron chi connectivity index (χ3n) is 3.16. The largest absolute Gasteiger partial charge is 0.325 e. The standard InChI is InChI=1S/C14H22N2O/c1-4-10(3)13(15)14(17)16-12-8-6-7-11(5-2)9-12/h6-10,13H,4-5,15H2,1-3H3,(H,16,17). The van der Waals surface area contributed by atoms with Crippen LogP contribution in [0.15, 0.2) is 24.3 Å². The van der Waals surface area contributed by atoms with Crippen LogP contribution in [0.2, 0.25) is 0 Å². The number of nitrogens with one attached hydrogen (secondary N) is 1. The average molecular weight is 234 g/mol. The molecule has 0 saturated heterocycles. The quantitative estimate of drug-likeness (QED) is 0.822. The maximum atomic E-state index is 11.9. The SMILES string of the molecule is CCc1cccc(NC(=O)C(N)C(C)CC)c1. The van der Waals surface area contributed by atoms with Gasteiger partial charge in [-0.3, -0.25) is 4.79 Å². The zero-order chi connectivity index (χ0) is 12.8. The van der Waals surface area contributed by atoms with Crippen molar-refractivity contribution in [2.75, 3.05) is 5.32 Å². The Morgan fingerprint density at radius 2 is 2.12 bits per heavy atom. The van der Waals surface area contributed by atoms with E-state index >= 15 is 0 Å². The van der Waals surface area contributed by atoms with Crippen LogP contribution in [-0.2, 0) is 11.2 Å². The summed E-state index contributed by atoms with van der Waals surface area (Å²) < 4.78 is 0. The van der Waals surface area contributed by atoms with Crippen LogP contribution < -0.4 is 11.1 Å². The van der Waals surface area contributed by atoms with Gasteiger partial charge in [-0.25, -0.2) is 0 Å². The average Bonchev–Trinajstić information content (AvgIpc) is 2.37. The molecule has 0 aliphatic rings. The lowest BCUT2D eigenvalue weighted by Gasteiger charge is -2.17. The number of amides is 1. The van der Waals surface area contributed by atoms with Crippen LogP contribution in [0.5, 0.6) is 0 Å². The summed E-state index contributed by atoms with van der Waals surface area (Å²) in [7, 11) is 0. The highest BCUT2D eigenvalue weighted by Crippen LogP contribution is 2.13. The minimum Gasteiger partial charge on any atom is -0.325 e. The van der Waals surface area contributed by atoms with Crippen LogP contribution in [0.1, 0.15) is 32.8 Å². The summed E-state index contributed by atoms with van der Waals surface area (Å²) in [5, 5.41) is 2.87. The fraction of sp³-hybridized carbons (Fsp3) is 0.500. The van der Waals surface area contributed by atoms with Crippen LogP contribution in [0, 0.1) is 5.92 Å². The van der Waals surface area contributed by atoms with Gasteiger partial charge in [-0.1, -0.05) is 39.3 Å². The Morgan fingerprint density at radius 3 is 2.71 bits per heavy atom. The van der Waals surface area contributed by atoms with Crippen molar-refractivity contribution in [3.05, 3.63) is 29.8 Å². The lowest BCUT2D eigenvalue weighted by molar-refractivity contribution is -0.118. The molecule has 17 heavy (non-hydrogen) atoms. The van der Waals surface area contributed by atoms with Crippen LogP contribution >= 0.6 is 0 Å². The summed E-state index contributed by atoms with van der Waals surface area (Å²) in [5.74, 6) is 0.0944. The van der Waals surface area contributed by atoms with Gasteiger partial charge in [-0.05, 0) is 30.0 Å². The first-order chi connectivity index (χ1) is 8.08. The van der Waals surface area contributed by atoms with Gasteiger partial charge in [0.15, 0.2) is 0 Å². The minimum absolute atomic E-state index is 0.104. The van der Waals surface area contributed by atoms with Gasteiger partial charge in [0.25, 0.3) is 0 Å². The van der Waals surface area contributed by atoms with E-state index in [1.54, 1.807) is 0 Å². The highest BCUT2D eigenvalue weighted by atomic mass is 16.2. The van der Waals surface area contributed by atoms with Gasteiger partial charge in [-0.2, -0.15) is 0 Å². The van der Waals surface area contributed by atoms with Gasteiger partial charge in [0.1, 0.15) is 0 Å². The van der Waals surface area contributed by atoms with E-state index in [2.05, 4.69) is 12.2 Å². The highest BCUT2D eigenvalue weighted by Gasteiger charge is 2.19. The van der Waals surface area contributed by atoms with Gasteiger partial charge < -0.3 is 11.1 Å². The highest BCUT2D eigenvalue weighted by molar-refractivity contribution is 5.94. The van der Waals surface area contributed by atoms with Gasteiger partial charge in [-0.15, -0.1) is 0 Å². The maximum absolute atomic E-state index is 11.9. The lowest BCUT2D eigenvalue weighted by atomic mass is 9.99. The van der Waals surface area contributed by atoms with E-state index in [0.717, 1.165) is 18.5 Å². The Morgan fingerprint density at radius 1 is 1.41 bits per heavy atom. The smallest absolute Gasteiger partial charge is 0.241 e. The van der Waals surface area contributed by atoms with Gasteiger partial charge in [0, 0.05) is 5.69 Å². The summed E-state index contributed by atoms with van der Waals surface area (Å²) in [5.41, 5.74) is 7.91. The molecule has 2 atom stereocenters. The number of rotatable bonds is 5. The van der Waals surface area contributed by atoms with Crippen LogP contribution in [0.4, 0.5) is 5.69 Å². The van der Waals surface area contributed by atoms with Crippen LogP contribution in [0.25, 0.3) is 0 Å². The fourth-order valence-electron chi connectivity index (χ4n) is 1.61. The monoisotopic (exact) mass is 234 g/mol. The van der Waals surface area contributed by atoms with Crippen molar-refractivity contribution in [2.24, 2.45) is 11.7 Å². The summed E-state index contributed by atoms with van der Waals surface area (Å²) in [6, 6.07) is 7.43. The first-order valence-corrected chi connectivity index (χ1v) is 6.23. The third kappa shape index (κ3) is 3.86. The summed E-state index contributed by atoms with van der Waals surface area (Å²) in [4.78, 5) is 11.9. The topological polar surface area (TPSA) is 55.1 Å². The maximum Gasteiger partial charge on any atom is 0.241 e. The van der Waals surface area contributed by atoms with Gasteiger partial charge >= 0.3 is 0 Å². The molecular formula is C14H22N2O. The zero-order valence-corrected chi connectivity index (χ0v) is 10.9.